The molecule has 18 heavy (non-hydrogen) atoms. The Balaban J connectivity index is 2.60. The van der Waals surface area contributed by atoms with Crippen molar-refractivity contribution in [2.24, 2.45) is 11.1 Å². The van der Waals surface area contributed by atoms with Crippen molar-refractivity contribution in [3.8, 4) is 5.75 Å². The van der Waals surface area contributed by atoms with E-state index in [9.17, 15) is 9.59 Å². The van der Waals surface area contributed by atoms with Crippen LogP contribution in [0.25, 0.3) is 0 Å². The summed E-state index contributed by atoms with van der Waals surface area (Å²) in [5, 5.41) is 8.98. The van der Waals surface area contributed by atoms with E-state index >= 15 is 0 Å². The Morgan fingerprint density at radius 1 is 1.50 bits per heavy atom. The molecule has 1 amide bonds. The fourth-order valence-corrected chi connectivity index (χ4v) is 1.64. The molecule has 0 saturated heterocycles. The Morgan fingerprint density at radius 3 is 2.67 bits per heavy atom. The van der Waals surface area contributed by atoms with E-state index < -0.39 is 17.3 Å². The van der Waals surface area contributed by atoms with E-state index in [4.69, 9.17) is 15.6 Å². The molecule has 0 fully saturated rings. The number of ether oxygens (including phenoxy) is 1. The Bertz CT molecular complexity index is 447. The minimum Gasteiger partial charge on any atom is -0.494 e. The van der Waals surface area contributed by atoms with Gasteiger partial charge in [-0.15, -0.1) is 0 Å². The molecule has 3 N–H and O–H groups in total. The predicted molar refractivity (Wildman–Crippen MR) is 69.2 cm³/mol. The van der Waals surface area contributed by atoms with Crippen LogP contribution in [0.1, 0.15) is 13.3 Å². The number of benzene rings is 1. The number of amides is 1. The lowest BCUT2D eigenvalue weighted by molar-refractivity contribution is -0.154. The zero-order valence-electron chi connectivity index (χ0n) is 9.85. The summed E-state index contributed by atoms with van der Waals surface area (Å²) >= 11 is 3.29. The topological polar surface area (TPSA) is 89.6 Å². The Hall–Kier alpha value is -1.56. The molecule has 6 heteroatoms. The van der Waals surface area contributed by atoms with Gasteiger partial charge in [0.15, 0.2) is 0 Å². The summed E-state index contributed by atoms with van der Waals surface area (Å²) in [6, 6.07) is 7.14. The molecule has 0 saturated carbocycles. The molecule has 0 aromatic heterocycles. The number of hydrogen-bond donors (Lipinski definition) is 2. The molecule has 1 rings (SSSR count). The van der Waals surface area contributed by atoms with Crippen molar-refractivity contribution in [3.63, 3.8) is 0 Å². The summed E-state index contributed by atoms with van der Waals surface area (Å²) in [5.74, 6) is -1.51. The van der Waals surface area contributed by atoms with E-state index in [1.165, 1.54) is 6.92 Å². The average molecular weight is 316 g/mol. The van der Waals surface area contributed by atoms with Gasteiger partial charge in [-0.25, -0.2) is 0 Å². The van der Waals surface area contributed by atoms with Crippen molar-refractivity contribution >= 4 is 27.8 Å². The van der Waals surface area contributed by atoms with Gasteiger partial charge in [-0.3, -0.25) is 9.59 Å². The highest BCUT2D eigenvalue weighted by Gasteiger charge is 2.39. The molecular formula is C12H14BrNO4. The first-order chi connectivity index (χ1) is 8.36. The van der Waals surface area contributed by atoms with Gasteiger partial charge in [-0.05, 0) is 25.1 Å². The molecular weight excluding hydrogens is 302 g/mol. The highest BCUT2D eigenvalue weighted by atomic mass is 79.9. The van der Waals surface area contributed by atoms with Gasteiger partial charge in [0.05, 0.1) is 6.61 Å². The second-order valence-corrected chi connectivity index (χ2v) is 4.97. The van der Waals surface area contributed by atoms with Crippen molar-refractivity contribution in [3.05, 3.63) is 28.7 Å². The smallest absolute Gasteiger partial charge is 0.319 e. The molecule has 0 aliphatic heterocycles. The third-order valence-corrected chi connectivity index (χ3v) is 3.18. The summed E-state index contributed by atoms with van der Waals surface area (Å²) in [7, 11) is 0. The standard InChI is InChI=1S/C12H14BrNO4/c1-12(10(14)15,11(16)17)5-6-18-9-4-2-3-8(13)7-9/h2-4,7H,5-6H2,1H3,(H2,14,15)(H,16,17). The first kappa shape index (κ1) is 14.5. The maximum Gasteiger partial charge on any atom is 0.319 e. The molecule has 0 aliphatic rings. The van der Waals surface area contributed by atoms with Crippen LogP contribution in [0.3, 0.4) is 0 Å². The molecule has 1 atom stereocenters. The van der Waals surface area contributed by atoms with Gasteiger partial charge in [0.2, 0.25) is 5.91 Å². The van der Waals surface area contributed by atoms with Crippen LogP contribution >= 0.6 is 15.9 Å². The van der Waals surface area contributed by atoms with E-state index in [1.807, 2.05) is 6.07 Å². The third-order valence-electron chi connectivity index (χ3n) is 2.68. The number of nitrogens with two attached hydrogens (primary N) is 1. The number of halogens is 1. The van der Waals surface area contributed by atoms with Gasteiger partial charge in [0, 0.05) is 10.9 Å². The Morgan fingerprint density at radius 2 is 2.17 bits per heavy atom. The summed E-state index contributed by atoms with van der Waals surface area (Å²) < 4.78 is 6.24. The first-order valence-corrected chi connectivity index (χ1v) is 6.07. The lowest BCUT2D eigenvalue weighted by Gasteiger charge is -2.20. The van der Waals surface area contributed by atoms with Gasteiger partial charge in [-0.2, -0.15) is 0 Å². The number of carbonyl (C=O) groups is 2. The van der Waals surface area contributed by atoms with Gasteiger partial charge in [0.25, 0.3) is 0 Å². The lowest BCUT2D eigenvalue weighted by atomic mass is 9.86. The number of carboxylic acid groups (broad SMARTS) is 1. The van der Waals surface area contributed by atoms with E-state index in [0.29, 0.717) is 5.75 Å². The number of hydrogen-bond acceptors (Lipinski definition) is 3. The van der Waals surface area contributed by atoms with Gasteiger partial charge >= 0.3 is 5.97 Å². The largest absolute Gasteiger partial charge is 0.494 e. The molecule has 0 aliphatic carbocycles. The minimum absolute atomic E-state index is 0.0180. The normalized spacial score (nSPS) is 13.7. The van der Waals surface area contributed by atoms with Crippen molar-refractivity contribution in [1.82, 2.24) is 0 Å². The number of aliphatic carboxylic acids is 1. The Labute approximate surface area is 113 Å². The molecule has 0 bridgehead atoms. The van der Waals surface area contributed by atoms with Gasteiger partial charge in [0.1, 0.15) is 11.2 Å². The average Bonchev–Trinajstić information content (AvgIpc) is 2.28. The molecule has 5 nitrogen and oxygen atoms in total. The quantitative estimate of drug-likeness (QED) is 0.783. The monoisotopic (exact) mass is 315 g/mol. The molecule has 0 heterocycles. The SMILES string of the molecule is CC(CCOc1cccc(Br)c1)(C(N)=O)C(=O)O. The Kier molecular flexibility index (Phi) is 4.72. The number of rotatable bonds is 6. The molecule has 1 aromatic rings. The predicted octanol–water partition coefficient (Wildman–Crippen LogP) is 1.79. The molecule has 98 valence electrons. The van der Waals surface area contributed by atoms with Crippen LogP contribution in [0.5, 0.6) is 5.75 Å². The highest BCUT2D eigenvalue weighted by Crippen LogP contribution is 2.23. The van der Waals surface area contributed by atoms with Crippen LogP contribution in [-0.4, -0.2) is 23.6 Å². The van der Waals surface area contributed by atoms with Gasteiger partial charge < -0.3 is 15.6 Å². The van der Waals surface area contributed by atoms with Crippen LogP contribution in [0.15, 0.2) is 28.7 Å². The maximum absolute atomic E-state index is 11.1. The molecule has 0 spiro atoms. The summed E-state index contributed by atoms with van der Waals surface area (Å²) in [4.78, 5) is 22.1. The zero-order valence-corrected chi connectivity index (χ0v) is 11.4. The summed E-state index contributed by atoms with van der Waals surface area (Å²) in [6.45, 7) is 1.39. The second kappa shape index (κ2) is 5.86. The molecule has 1 unspecified atom stereocenters. The van der Waals surface area contributed by atoms with Crippen molar-refractivity contribution in [2.45, 2.75) is 13.3 Å². The van der Waals surface area contributed by atoms with Gasteiger partial charge in [-0.1, -0.05) is 22.0 Å². The molecule has 1 aromatic carbocycles. The van der Waals surface area contributed by atoms with E-state index in [1.54, 1.807) is 18.2 Å². The van der Waals surface area contributed by atoms with E-state index in [-0.39, 0.29) is 13.0 Å². The summed E-state index contributed by atoms with van der Waals surface area (Å²) in [5.41, 5.74) is 3.49. The van der Waals surface area contributed by atoms with Crippen molar-refractivity contribution in [1.29, 1.82) is 0 Å². The lowest BCUT2D eigenvalue weighted by Crippen LogP contribution is -2.42. The van der Waals surface area contributed by atoms with E-state index in [2.05, 4.69) is 15.9 Å². The third kappa shape index (κ3) is 3.46. The number of carbonyl (C=O) groups excluding carboxylic acids is 1. The zero-order chi connectivity index (χ0) is 13.8. The second-order valence-electron chi connectivity index (χ2n) is 4.06. The van der Waals surface area contributed by atoms with Crippen LogP contribution in [0, 0.1) is 5.41 Å². The van der Waals surface area contributed by atoms with Crippen LogP contribution in [-0.2, 0) is 9.59 Å². The van der Waals surface area contributed by atoms with E-state index in [0.717, 1.165) is 4.47 Å². The highest BCUT2D eigenvalue weighted by molar-refractivity contribution is 9.10. The fourth-order valence-electron chi connectivity index (χ4n) is 1.27. The molecule has 0 radical (unpaired) electrons. The van der Waals surface area contributed by atoms with Crippen molar-refractivity contribution in [2.75, 3.05) is 6.61 Å². The van der Waals surface area contributed by atoms with Crippen LogP contribution < -0.4 is 10.5 Å². The van der Waals surface area contributed by atoms with Crippen LogP contribution in [0.2, 0.25) is 0 Å². The van der Waals surface area contributed by atoms with Crippen LogP contribution in [0.4, 0.5) is 0 Å². The number of primary amides is 1. The minimum atomic E-state index is -1.61. The van der Waals surface area contributed by atoms with Crippen molar-refractivity contribution < 1.29 is 19.4 Å². The first-order valence-electron chi connectivity index (χ1n) is 5.28. The maximum atomic E-state index is 11.1. The number of carboxylic acids is 1. The summed E-state index contributed by atoms with van der Waals surface area (Å²) in [6.07, 6.45) is 0.0180. The fraction of sp³-hybridized carbons (Fsp3) is 0.333.